The van der Waals surface area contributed by atoms with Crippen molar-refractivity contribution in [1.82, 2.24) is 9.55 Å². The van der Waals surface area contributed by atoms with Gasteiger partial charge in [0.1, 0.15) is 11.9 Å². The van der Waals surface area contributed by atoms with Crippen molar-refractivity contribution in [3.8, 4) is 0 Å². The van der Waals surface area contributed by atoms with E-state index in [1.807, 2.05) is 29.0 Å². The van der Waals surface area contributed by atoms with E-state index in [9.17, 15) is 5.11 Å². The molecule has 4 heteroatoms. The smallest absolute Gasteiger partial charge is 0.142 e. The van der Waals surface area contributed by atoms with Crippen LogP contribution in [0.5, 0.6) is 0 Å². The van der Waals surface area contributed by atoms with Gasteiger partial charge in [-0.25, -0.2) is 4.98 Å². The van der Waals surface area contributed by atoms with Gasteiger partial charge in [-0.05, 0) is 5.56 Å². The molecular weight excluding hydrogens is 272 g/mol. The Balaban J connectivity index is 0.00000200. The van der Waals surface area contributed by atoms with Gasteiger partial charge in [0.2, 0.25) is 0 Å². The summed E-state index contributed by atoms with van der Waals surface area (Å²) in [5.74, 6) is 0.621. The van der Waals surface area contributed by atoms with Crippen LogP contribution >= 0.6 is 12.4 Å². The zero-order chi connectivity index (χ0) is 13.7. The van der Waals surface area contributed by atoms with E-state index in [0.29, 0.717) is 18.8 Å². The van der Waals surface area contributed by atoms with Crippen LogP contribution < -0.4 is 0 Å². The molecule has 0 saturated carbocycles. The van der Waals surface area contributed by atoms with Gasteiger partial charge in [-0.2, -0.15) is 0 Å². The maximum atomic E-state index is 9.94. The molecule has 1 aromatic carbocycles. The minimum absolute atomic E-state index is 0. The Kier molecular flexibility index (Phi) is 6.22. The second-order valence-electron chi connectivity index (χ2n) is 4.38. The van der Waals surface area contributed by atoms with E-state index in [1.54, 1.807) is 6.08 Å². The Morgan fingerprint density at radius 1 is 1.25 bits per heavy atom. The normalized spacial score (nSPS) is 11.4. The molecule has 0 spiro atoms. The van der Waals surface area contributed by atoms with Crippen molar-refractivity contribution in [2.45, 2.75) is 19.1 Å². The van der Waals surface area contributed by atoms with Gasteiger partial charge in [-0.3, -0.25) is 0 Å². The Hall–Kier alpha value is -1.84. The zero-order valence-electron chi connectivity index (χ0n) is 11.3. The number of aliphatic hydroxyl groups is 1. The van der Waals surface area contributed by atoms with E-state index in [1.165, 1.54) is 11.6 Å². The van der Waals surface area contributed by atoms with Crippen molar-refractivity contribution in [3.05, 3.63) is 78.9 Å². The van der Waals surface area contributed by atoms with E-state index >= 15 is 0 Å². The Morgan fingerprint density at radius 2 is 1.95 bits per heavy atom. The van der Waals surface area contributed by atoms with Crippen molar-refractivity contribution < 1.29 is 5.11 Å². The Bertz CT molecular complexity index is 563. The van der Waals surface area contributed by atoms with E-state index < -0.39 is 6.10 Å². The number of aliphatic hydroxyl groups excluding tert-OH is 1. The first-order valence-electron chi connectivity index (χ1n) is 6.26. The van der Waals surface area contributed by atoms with E-state index in [-0.39, 0.29) is 12.4 Å². The molecule has 3 nitrogen and oxygen atoms in total. The third-order valence-corrected chi connectivity index (χ3v) is 2.89. The summed E-state index contributed by atoms with van der Waals surface area (Å²) in [5.41, 5.74) is 2.07. The predicted molar refractivity (Wildman–Crippen MR) is 84.1 cm³/mol. The molecule has 0 amide bonds. The molecule has 0 saturated heterocycles. The van der Waals surface area contributed by atoms with E-state index in [2.05, 4.69) is 30.3 Å². The molecular formula is C16H19ClN2O. The summed E-state index contributed by atoms with van der Waals surface area (Å²) in [6, 6.07) is 10.1. The molecule has 0 fully saturated rings. The highest BCUT2D eigenvalue weighted by molar-refractivity contribution is 5.85. The average Bonchev–Trinajstić information content (AvgIpc) is 2.82. The van der Waals surface area contributed by atoms with Crippen LogP contribution in [0, 0.1) is 0 Å². The molecule has 2 rings (SSSR count). The second kappa shape index (κ2) is 7.68. The number of nitrogens with zero attached hydrogens (tertiary/aromatic N) is 2. The van der Waals surface area contributed by atoms with Gasteiger partial charge in [-0.1, -0.05) is 42.5 Å². The fourth-order valence-electron chi connectivity index (χ4n) is 1.98. The van der Waals surface area contributed by atoms with Crippen molar-refractivity contribution >= 4 is 12.4 Å². The molecule has 0 aliphatic rings. The lowest BCUT2D eigenvalue weighted by Gasteiger charge is -2.09. The Morgan fingerprint density at radius 3 is 2.55 bits per heavy atom. The van der Waals surface area contributed by atoms with Gasteiger partial charge in [0.25, 0.3) is 0 Å². The topological polar surface area (TPSA) is 38.0 Å². The van der Waals surface area contributed by atoms with Crippen LogP contribution in [0.15, 0.2) is 61.8 Å². The fourth-order valence-corrected chi connectivity index (χ4v) is 1.98. The average molecular weight is 291 g/mol. The first-order chi connectivity index (χ1) is 9.24. The van der Waals surface area contributed by atoms with Crippen LogP contribution in [-0.4, -0.2) is 14.7 Å². The van der Waals surface area contributed by atoms with Crippen molar-refractivity contribution in [3.63, 3.8) is 0 Å². The number of benzene rings is 1. The van der Waals surface area contributed by atoms with E-state index in [4.69, 9.17) is 0 Å². The van der Waals surface area contributed by atoms with Crippen molar-refractivity contribution in [2.75, 3.05) is 0 Å². The molecule has 0 aliphatic heterocycles. The maximum absolute atomic E-state index is 9.94. The van der Waals surface area contributed by atoms with Crippen molar-refractivity contribution in [1.29, 1.82) is 0 Å². The number of halogens is 1. The summed E-state index contributed by atoms with van der Waals surface area (Å²) in [7, 11) is 0. The maximum Gasteiger partial charge on any atom is 0.142 e. The van der Waals surface area contributed by atoms with Crippen LogP contribution in [0.4, 0.5) is 0 Å². The van der Waals surface area contributed by atoms with Crippen LogP contribution in [0.1, 0.15) is 23.2 Å². The monoisotopic (exact) mass is 290 g/mol. The number of hydrogen-bond donors (Lipinski definition) is 1. The highest BCUT2D eigenvalue weighted by atomic mass is 35.5. The standard InChI is InChI=1S/C16H18N2O.ClH/c1-3-8-14-12-18(16(17-14)15(19)4-2)11-13-9-6-5-7-10-13;/h3-7,9-10,12,15,19H,1-2,8,11H2;1H. The summed E-state index contributed by atoms with van der Waals surface area (Å²) in [5, 5.41) is 9.94. The van der Waals surface area contributed by atoms with Gasteiger partial charge in [-0.15, -0.1) is 25.6 Å². The number of imidazole rings is 1. The second-order valence-corrected chi connectivity index (χ2v) is 4.38. The molecule has 1 N–H and O–H groups in total. The molecule has 1 heterocycles. The van der Waals surface area contributed by atoms with Gasteiger partial charge in [0, 0.05) is 19.2 Å². The lowest BCUT2D eigenvalue weighted by molar-refractivity contribution is 0.213. The molecule has 1 atom stereocenters. The van der Waals surface area contributed by atoms with Crippen LogP contribution in [0.3, 0.4) is 0 Å². The third kappa shape index (κ3) is 3.83. The SMILES string of the molecule is C=CCc1cn(Cc2ccccc2)c(C(O)C=C)n1.Cl. The summed E-state index contributed by atoms with van der Waals surface area (Å²) < 4.78 is 1.96. The summed E-state index contributed by atoms with van der Waals surface area (Å²) >= 11 is 0. The molecule has 1 unspecified atom stereocenters. The highest BCUT2D eigenvalue weighted by Crippen LogP contribution is 2.16. The molecule has 106 valence electrons. The van der Waals surface area contributed by atoms with Crippen molar-refractivity contribution in [2.24, 2.45) is 0 Å². The summed E-state index contributed by atoms with van der Waals surface area (Å²) in [6.45, 7) is 8.01. The zero-order valence-corrected chi connectivity index (χ0v) is 12.1. The fraction of sp³-hybridized carbons (Fsp3) is 0.188. The molecule has 0 aliphatic carbocycles. The van der Waals surface area contributed by atoms with Crippen LogP contribution in [0.2, 0.25) is 0 Å². The lowest BCUT2D eigenvalue weighted by Crippen LogP contribution is -2.07. The number of rotatable bonds is 6. The van der Waals surface area contributed by atoms with Gasteiger partial charge in [0.05, 0.1) is 5.69 Å². The molecule has 20 heavy (non-hydrogen) atoms. The van der Waals surface area contributed by atoms with Gasteiger partial charge in [0.15, 0.2) is 0 Å². The Labute approximate surface area is 125 Å². The van der Waals surface area contributed by atoms with E-state index in [0.717, 1.165) is 5.69 Å². The first kappa shape index (κ1) is 16.2. The number of hydrogen-bond acceptors (Lipinski definition) is 2. The summed E-state index contributed by atoms with van der Waals surface area (Å²) in [4.78, 5) is 4.44. The van der Waals surface area contributed by atoms with Gasteiger partial charge >= 0.3 is 0 Å². The lowest BCUT2D eigenvalue weighted by atomic mass is 10.2. The highest BCUT2D eigenvalue weighted by Gasteiger charge is 2.13. The molecule has 1 aromatic heterocycles. The van der Waals surface area contributed by atoms with Gasteiger partial charge < -0.3 is 9.67 Å². The minimum atomic E-state index is -0.748. The summed E-state index contributed by atoms with van der Waals surface area (Å²) in [6.07, 6.45) is 5.19. The van der Waals surface area contributed by atoms with Crippen LogP contribution in [-0.2, 0) is 13.0 Å². The largest absolute Gasteiger partial charge is 0.381 e. The minimum Gasteiger partial charge on any atom is -0.381 e. The number of aromatic nitrogens is 2. The third-order valence-electron chi connectivity index (χ3n) is 2.89. The quantitative estimate of drug-likeness (QED) is 0.829. The molecule has 0 bridgehead atoms. The molecule has 2 aromatic rings. The number of allylic oxidation sites excluding steroid dienone is 1. The van der Waals surface area contributed by atoms with Crippen LogP contribution in [0.25, 0.3) is 0 Å². The predicted octanol–water partition coefficient (Wildman–Crippen LogP) is 3.30. The molecule has 0 radical (unpaired) electrons. The first-order valence-corrected chi connectivity index (χ1v) is 6.26.